The van der Waals surface area contributed by atoms with Crippen molar-refractivity contribution in [3.8, 4) is 0 Å². The summed E-state index contributed by atoms with van der Waals surface area (Å²) in [7, 11) is 0. The van der Waals surface area contributed by atoms with Gasteiger partial charge in [-0.3, -0.25) is 14.5 Å². The van der Waals surface area contributed by atoms with Crippen LogP contribution in [0, 0.1) is 0 Å². The lowest BCUT2D eigenvalue weighted by atomic mass is 10.2. The molecule has 1 aliphatic rings. The molecule has 0 unspecified atom stereocenters. The first kappa shape index (κ1) is 17.3. The molecule has 0 radical (unpaired) electrons. The smallest absolute Gasteiger partial charge is 0.303 e. The lowest BCUT2D eigenvalue weighted by molar-refractivity contribution is -0.137. The number of thiocarbonyl (C=S) groups is 1. The molecule has 1 aromatic carbocycles. The van der Waals surface area contributed by atoms with E-state index in [2.05, 4.69) is 0 Å². The average molecular weight is 376 g/mol. The second kappa shape index (κ2) is 7.46. The van der Waals surface area contributed by atoms with Gasteiger partial charge in [-0.1, -0.05) is 53.2 Å². The van der Waals surface area contributed by atoms with Crippen molar-refractivity contribution < 1.29 is 14.7 Å². The van der Waals surface area contributed by atoms with Crippen molar-refractivity contribution in [2.45, 2.75) is 12.8 Å². The van der Waals surface area contributed by atoms with Gasteiger partial charge in [0.25, 0.3) is 5.91 Å². The maximum atomic E-state index is 12.3. The Bertz CT molecular complexity index is 656. The van der Waals surface area contributed by atoms with Crippen molar-refractivity contribution in [1.29, 1.82) is 0 Å². The van der Waals surface area contributed by atoms with E-state index in [1.807, 2.05) is 0 Å². The minimum absolute atomic E-state index is 0.00749. The van der Waals surface area contributed by atoms with Crippen LogP contribution in [0.15, 0.2) is 23.1 Å². The number of aliphatic carboxylic acids is 1. The number of carbonyl (C=O) groups is 2. The summed E-state index contributed by atoms with van der Waals surface area (Å²) in [6.07, 6.45) is 1.95. The normalized spacial score (nSPS) is 16.6. The maximum absolute atomic E-state index is 12.3. The standard InChI is InChI=1S/C14H11Cl2NO3S2/c15-9-3-1-4-10(16)8(9)7-11-13(20)17(14(21)22-11)6-2-5-12(18)19/h1,3-4,7H,2,5-6H2,(H,18,19)/b11-7+. The Hall–Kier alpha value is -1.08. The highest BCUT2D eigenvalue weighted by molar-refractivity contribution is 8.26. The number of hydrogen-bond acceptors (Lipinski definition) is 4. The molecule has 4 nitrogen and oxygen atoms in total. The fourth-order valence-corrected chi connectivity index (χ4v) is 3.66. The lowest BCUT2D eigenvalue weighted by Crippen LogP contribution is -2.29. The summed E-state index contributed by atoms with van der Waals surface area (Å²) < 4.78 is 0.407. The van der Waals surface area contributed by atoms with E-state index in [1.54, 1.807) is 24.3 Å². The van der Waals surface area contributed by atoms with Crippen LogP contribution in [0.4, 0.5) is 0 Å². The zero-order chi connectivity index (χ0) is 16.3. The van der Waals surface area contributed by atoms with Crippen LogP contribution in [-0.4, -0.2) is 32.7 Å². The predicted molar refractivity (Wildman–Crippen MR) is 93.2 cm³/mol. The van der Waals surface area contributed by atoms with E-state index in [0.717, 1.165) is 11.8 Å². The molecule has 1 fully saturated rings. The van der Waals surface area contributed by atoms with E-state index in [4.69, 9.17) is 40.5 Å². The molecule has 1 saturated heterocycles. The van der Waals surface area contributed by atoms with Crippen molar-refractivity contribution in [3.63, 3.8) is 0 Å². The first-order chi connectivity index (χ1) is 10.4. The van der Waals surface area contributed by atoms with Gasteiger partial charge in [0.15, 0.2) is 0 Å². The van der Waals surface area contributed by atoms with Crippen molar-refractivity contribution in [1.82, 2.24) is 4.90 Å². The second-order valence-corrected chi connectivity index (χ2v) is 6.96. The first-order valence-corrected chi connectivity index (χ1v) is 8.29. The number of carboxylic acid groups (broad SMARTS) is 1. The fourth-order valence-electron chi connectivity index (χ4n) is 1.86. The monoisotopic (exact) mass is 375 g/mol. The average Bonchev–Trinajstić information content (AvgIpc) is 2.70. The van der Waals surface area contributed by atoms with E-state index in [0.29, 0.717) is 31.3 Å². The van der Waals surface area contributed by atoms with Crippen molar-refractivity contribution in [2.75, 3.05) is 6.54 Å². The molecule has 22 heavy (non-hydrogen) atoms. The molecule has 0 aromatic heterocycles. The molecule has 1 heterocycles. The summed E-state index contributed by atoms with van der Waals surface area (Å²) in [5.41, 5.74) is 0.567. The molecular formula is C14H11Cl2NO3S2. The van der Waals surface area contributed by atoms with E-state index in [-0.39, 0.29) is 18.9 Å². The highest BCUT2D eigenvalue weighted by atomic mass is 35.5. The van der Waals surface area contributed by atoms with Crippen LogP contribution in [0.25, 0.3) is 6.08 Å². The third kappa shape index (κ3) is 4.01. The third-order valence-corrected chi connectivity index (χ3v) is 4.96. The van der Waals surface area contributed by atoms with Gasteiger partial charge in [0.2, 0.25) is 0 Å². The van der Waals surface area contributed by atoms with Gasteiger partial charge < -0.3 is 5.11 Å². The summed E-state index contributed by atoms with van der Waals surface area (Å²) in [6, 6.07) is 5.10. The molecule has 1 amide bonds. The Kier molecular flexibility index (Phi) is 5.86. The van der Waals surface area contributed by atoms with E-state index < -0.39 is 5.97 Å². The number of amides is 1. The Morgan fingerprint density at radius 1 is 1.36 bits per heavy atom. The van der Waals surface area contributed by atoms with Gasteiger partial charge in [0, 0.05) is 28.6 Å². The quantitative estimate of drug-likeness (QED) is 0.621. The molecule has 0 atom stereocenters. The van der Waals surface area contributed by atoms with Gasteiger partial charge in [0.1, 0.15) is 4.32 Å². The Morgan fingerprint density at radius 2 is 2.00 bits per heavy atom. The van der Waals surface area contributed by atoms with Crippen LogP contribution in [0.2, 0.25) is 10.0 Å². The number of halogens is 2. The highest BCUT2D eigenvalue weighted by Gasteiger charge is 2.31. The van der Waals surface area contributed by atoms with Gasteiger partial charge in [-0.05, 0) is 24.6 Å². The van der Waals surface area contributed by atoms with Gasteiger partial charge in [0.05, 0.1) is 4.91 Å². The number of rotatable bonds is 5. The molecule has 2 rings (SSSR count). The minimum atomic E-state index is -0.899. The molecule has 1 aromatic rings. The number of hydrogen-bond donors (Lipinski definition) is 1. The SMILES string of the molecule is O=C(O)CCCN1C(=O)/C(=C\c2c(Cl)cccc2Cl)SC1=S. The van der Waals surface area contributed by atoms with Crippen LogP contribution in [0.5, 0.6) is 0 Å². The van der Waals surface area contributed by atoms with Gasteiger partial charge in [-0.15, -0.1) is 0 Å². The summed E-state index contributed by atoms with van der Waals surface area (Å²) in [4.78, 5) is 24.7. The van der Waals surface area contributed by atoms with Gasteiger partial charge in [-0.2, -0.15) is 0 Å². The molecule has 1 aliphatic heterocycles. The number of carboxylic acids is 1. The summed E-state index contributed by atoms with van der Waals surface area (Å²) in [6.45, 7) is 0.282. The molecule has 8 heteroatoms. The summed E-state index contributed by atoms with van der Waals surface area (Å²) in [5, 5.41) is 9.54. The molecule has 0 spiro atoms. The van der Waals surface area contributed by atoms with Crippen LogP contribution in [0.3, 0.4) is 0 Å². The molecule has 0 aliphatic carbocycles. The largest absolute Gasteiger partial charge is 0.481 e. The Labute approximate surface area is 147 Å². The molecular weight excluding hydrogens is 365 g/mol. The number of thioether (sulfide) groups is 1. The van der Waals surface area contributed by atoms with E-state index in [1.165, 1.54) is 4.90 Å². The number of carbonyl (C=O) groups excluding carboxylic acids is 1. The number of nitrogens with zero attached hydrogens (tertiary/aromatic N) is 1. The third-order valence-electron chi connectivity index (χ3n) is 2.92. The van der Waals surface area contributed by atoms with Crippen LogP contribution in [0.1, 0.15) is 18.4 Å². The molecule has 0 saturated carbocycles. The predicted octanol–water partition coefficient (Wildman–Crippen LogP) is 4.06. The summed E-state index contributed by atoms with van der Waals surface area (Å²) in [5.74, 6) is -1.15. The first-order valence-electron chi connectivity index (χ1n) is 6.31. The Balaban J connectivity index is 2.17. The highest BCUT2D eigenvalue weighted by Crippen LogP contribution is 2.35. The van der Waals surface area contributed by atoms with Crippen molar-refractivity contribution in [3.05, 3.63) is 38.7 Å². The topological polar surface area (TPSA) is 57.6 Å². The van der Waals surface area contributed by atoms with Crippen LogP contribution in [-0.2, 0) is 9.59 Å². The zero-order valence-electron chi connectivity index (χ0n) is 11.2. The Morgan fingerprint density at radius 3 is 2.59 bits per heavy atom. The van der Waals surface area contributed by atoms with Gasteiger partial charge >= 0.3 is 5.97 Å². The zero-order valence-corrected chi connectivity index (χ0v) is 14.4. The summed E-state index contributed by atoms with van der Waals surface area (Å²) >= 11 is 18.5. The van der Waals surface area contributed by atoms with Crippen LogP contribution >= 0.6 is 47.2 Å². The van der Waals surface area contributed by atoms with Crippen molar-refractivity contribution >= 4 is 69.5 Å². The maximum Gasteiger partial charge on any atom is 0.303 e. The van der Waals surface area contributed by atoms with Crippen LogP contribution < -0.4 is 0 Å². The molecule has 1 N–H and O–H groups in total. The molecule has 116 valence electrons. The molecule has 0 bridgehead atoms. The van der Waals surface area contributed by atoms with Crippen molar-refractivity contribution in [2.24, 2.45) is 0 Å². The minimum Gasteiger partial charge on any atom is -0.481 e. The lowest BCUT2D eigenvalue weighted by Gasteiger charge is -2.13. The fraction of sp³-hybridized carbons (Fsp3) is 0.214. The van der Waals surface area contributed by atoms with E-state index in [9.17, 15) is 9.59 Å². The second-order valence-electron chi connectivity index (χ2n) is 4.47. The van der Waals surface area contributed by atoms with Gasteiger partial charge in [-0.25, -0.2) is 0 Å². The number of benzene rings is 1. The van der Waals surface area contributed by atoms with E-state index >= 15 is 0 Å².